The summed E-state index contributed by atoms with van der Waals surface area (Å²) in [5, 5.41) is 17.2. The van der Waals surface area contributed by atoms with E-state index in [2.05, 4.69) is 20.6 Å². The molecule has 0 aliphatic heterocycles. The van der Waals surface area contributed by atoms with Gasteiger partial charge in [-0.25, -0.2) is 4.68 Å². The first-order valence-corrected chi connectivity index (χ1v) is 9.32. The number of halogens is 1. The van der Waals surface area contributed by atoms with E-state index < -0.39 is 0 Å². The van der Waals surface area contributed by atoms with Crippen LogP contribution in [0.4, 0.5) is 5.13 Å². The summed E-state index contributed by atoms with van der Waals surface area (Å²) >= 11 is 7.29. The molecule has 2 heterocycles. The minimum absolute atomic E-state index is 0.303. The van der Waals surface area contributed by atoms with Gasteiger partial charge in [0.2, 0.25) is 5.13 Å². The highest BCUT2D eigenvalue weighted by Crippen LogP contribution is 2.24. The lowest BCUT2D eigenvalue weighted by Crippen LogP contribution is -2.16. The maximum atomic E-state index is 12.9. The van der Waals surface area contributed by atoms with E-state index in [-0.39, 0.29) is 5.91 Å². The Labute approximate surface area is 164 Å². The molecule has 1 amide bonds. The topological polar surface area (TPSA) is 72.7 Å². The van der Waals surface area contributed by atoms with Crippen molar-refractivity contribution in [3.8, 4) is 16.9 Å². The highest BCUT2D eigenvalue weighted by Gasteiger charge is 2.19. The molecule has 0 unspecified atom stereocenters. The summed E-state index contributed by atoms with van der Waals surface area (Å²) in [6.07, 6.45) is 0. The Morgan fingerprint density at radius 2 is 1.81 bits per heavy atom. The number of hydrogen-bond acceptors (Lipinski definition) is 5. The molecule has 0 aliphatic rings. The first-order chi connectivity index (χ1) is 13.1. The molecule has 2 aromatic heterocycles. The van der Waals surface area contributed by atoms with Gasteiger partial charge in [0.05, 0.1) is 11.4 Å². The molecule has 0 fully saturated rings. The predicted molar refractivity (Wildman–Crippen MR) is 107 cm³/mol. The van der Waals surface area contributed by atoms with Crippen LogP contribution in [0.25, 0.3) is 16.9 Å². The molecule has 4 aromatic rings. The van der Waals surface area contributed by atoms with Crippen LogP contribution in [0.3, 0.4) is 0 Å². The summed E-state index contributed by atoms with van der Waals surface area (Å²) in [4.78, 5) is 12.9. The third-order valence-corrected chi connectivity index (χ3v) is 4.84. The second-order valence-electron chi connectivity index (χ2n) is 5.75. The molecule has 0 saturated heterocycles. The van der Waals surface area contributed by atoms with Gasteiger partial charge in [0.15, 0.2) is 0 Å². The van der Waals surface area contributed by atoms with Gasteiger partial charge < -0.3 is 0 Å². The van der Waals surface area contributed by atoms with Crippen molar-refractivity contribution < 1.29 is 4.79 Å². The van der Waals surface area contributed by atoms with E-state index in [1.165, 1.54) is 11.3 Å². The van der Waals surface area contributed by atoms with Crippen molar-refractivity contribution in [1.82, 2.24) is 20.0 Å². The molecule has 1 N–H and O–H groups in total. The second-order valence-corrected chi connectivity index (χ2v) is 7.37. The summed E-state index contributed by atoms with van der Waals surface area (Å²) in [6, 6.07) is 18.6. The number of nitrogens with one attached hydrogen (secondary N) is 1. The van der Waals surface area contributed by atoms with Gasteiger partial charge in [0.1, 0.15) is 10.7 Å². The first-order valence-electron chi connectivity index (χ1n) is 8.13. The molecule has 6 nitrogen and oxygen atoms in total. The summed E-state index contributed by atoms with van der Waals surface area (Å²) in [5.41, 5.74) is 2.74. The number of carbonyl (C=O) groups is 1. The summed E-state index contributed by atoms with van der Waals surface area (Å²) in [7, 11) is 0. The molecule has 0 radical (unpaired) electrons. The Bertz CT molecular complexity index is 1090. The number of rotatable bonds is 4. The van der Waals surface area contributed by atoms with Gasteiger partial charge in [-0.15, -0.1) is 10.2 Å². The van der Waals surface area contributed by atoms with Crippen LogP contribution in [0.1, 0.15) is 15.5 Å². The molecule has 134 valence electrons. The van der Waals surface area contributed by atoms with Gasteiger partial charge in [-0.05, 0) is 37.3 Å². The molecule has 4 rings (SSSR count). The van der Waals surface area contributed by atoms with Crippen LogP contribution < -0.4 is 5.32 Å². The lowest BCUT2D eigenvalue weighted by molar-refractivity contribution is 0.101. The number of aryl methyl sites for hydroxylation is 1. The van der Waals surface area contributed by atoms with Crippen molar-refractivity contribution in [3.63, 3.8) is 0 Å². The van der Waals surface area contributed by atoms with E-state index in [1.54, 1.807) is 22.9 Å². The Kier molecular flexibility index (Phi) is 4.70. The Morgan fingerprint density at radius 3 is 2.48 bits per heavy atom. The third-order valence-electron chi connectivity index (χ3n) is 3.83. The SMILES string of the molecule is Cc1nnc(NC(=O)c2cc(-c3ccc(Cl)cc3)nn2-c2ccccc2)s1. The number of amides is 1. The highest BCUT2D eigenvalue weighted by molar-refractivity contribution is 7.15. The Balaban J connectivity index is 1.76. The van der Waals surface area contributed by atoms with E-state index in [0.29, 0.717) is 21.5 Å². The molecular weight excluding hydrogens is 382 g/mol. The minimum Gasteiger partial charge on any atom is -0.295 e. The van der Waals surface area contributed by atoms with Gasteiger partial charge in [0.25, 0.3) is 5.91 Å². The summed E-state index contributed by atoms with van der Waals surface area (Å²) in [5.74, 6) is -0.303. The van der Waals surface area contributed by atoms with Crippen molar-refractivity contribution in [2.75, 3.05) is 5.32 Å². The molecule has 0 atom stereocenters. The van der Waals surface area contributed by atoms with Crippen molar-refractivity contribution in [2.45, 2.75) is 6.92 Å². The average molecular weight is 396 g/mol. The number of anilines is 1. The van der Waals surface area contributed by atoms with Crippen molar-refractivity contribution in [2.24, 2.45) is 0 Å². The van der Waals surface area contributed by atoms with Crippen LogP contribution in [0, 0.1) is 6.92 Å². The highest BCUT2D eigenvalue weighted by atomic mass is 35.5. The summed E-state index contributed by atoms with van der Waals surface area (Å²) < 4.78 is 1.62. The Hall–Kier alpha value is -3.03. The first kappa shape index (κ1) is 17.4. The number of carbonyl (C=O) groups excluding carboxylic acids is 1. The number of nitrogens with zero attached hydrogens (tertiary/aromatic N) is 4. The third kappa shape index (κ3) is 3.74. The zero-order chi connectivity index (χ0) is 18.8. The van der Waals surface area contributed by atoms with Gasteiger partial charge in [-0.1, -0.05) is 53.3 Å². The van der Waals surface area contributed by atoms with E-state index in [4.69, 9.17) is 11.6 Å². The van der Waals surface area contributed by atoms with Crippen LogP contribution in [-0.2, 0) is 0 Å². The lowest BCUT2D eigenvalue weighted by atomic mass is 10.1. The van der Waals surface area contributed by atoms with E-state index in [9.17, 15) is 4.79 Å². The number of hydrogen-bond donors (Lipinski definition) is 1. The molecular formula is C19H14ClN5OS. The van der Waals surface area contributed by atoms with E-state index >= 15 is 0 Å². The number of para-hydroxylation sites is 1. The fourth-order valence-corrected chi connectivity index (χ4v) is 3.29. The number of aromatic nitrogens is 4. The van der Waals surface area contributed by atoms with Gasteiger partial charge in [-0.3, -0.25) is 10.1 Å². The molecule has 8 heteroatoms. The van der Waals surface area contributed by atoms with Crippen LogP contribution in [0.15, 0.2) is 60.7 Å². The fraction of sp³-hybridized carbons (Fsp3) is 0.0526. The molecule has 2 aromatic carbocycles. The van der Waals surface area contributed by atoms with Crippen LogP contribution >= 0.6 is 22.9 Å². The van der Waals surface area contributed by atoms with Crippen molar-refractivity contribution in [1.29, 1.82) is 0 Å². The molecule has 0 saturated carbocycles. The van der Waals surface area contributed by atoms with Crippen molar-refractivity contribution in [3.05, 3.63) is 76.4 Å². The van der Waals surface area contributed by atoms with Gasteiger partial charge in [-0.2, -0.15) is 5.10 Å². The molecule has 0 aliphatic carbocycles. The monoisotopic (exact) mass is 395 g/mol. The van der Waals surface area contributed by atoms with Gasteiger partial charge in [0, 0.05) is 10.6 Å². The van der Waals surface area contributed by atoms with Gasteiger partial charge >= 0.3 is 0 Å². The predicted octanol–water partition coefficient (Wildman–Crippen LogP) is 4.60. The van der Waals surface area contributed by atoms with E-state index in [1.807, 2.05) is 49.4 Å². The zero-order valence-electron chi connectivity index (χ0n) is 14.3. The quantitative estimate of drug-likeness (QED) is 0.547. The normalized spacial score (nSPS) is 10.7. The van der Waals surface area contributed by atoms with E-state index in [0.717, 1.165) is 16.3 Å². The molecule has 0 bridgehead atoms. The molecule has 0 spiro atoms. The zero-order valence-corrected chi connectivity index (χ0v) is 15.8. The largest absolute Gasteiger partial charge is 0.295 e. The maximum Gasteiger partial charge on any atom is 0.276 e. The smallest absolute Gasteiger partial charge is 0.276 e. The Morgan fingerprint density at radius 1 is 1.07 bits per heavy atom. The fourth-order valence-electron chi connectivity index (χ4n) is 2.58. The second kappa shape index (κ2) is 7.30. The minimum atomic E-state index is -0.303. The van der Waals surface area contributed by atoms with Crippen LogP contribution in [0.2, 0.25) is 5.02 Å². The average Bonchev–Trinajstić information content (AvgIpc) is 3.30. The summed E-state index contributed by atoms with van der Waals surface area (Å²) in [6.45, 7) is 1.83. The lowest BCUT2D eigenvalue weighted by Gasteiger charge is -2.06. The number of benzene rings is 2. The van der Waals surface area contributed by atoms with Crippen molar-refractivity contribution >= 4 is 34.0 Å². The molecule has 27 heavy (non-hydrogen) atoms. The maximum absolute atomic E-state index is 12.9. The van der Waals surface area contributed by atoms with Crippen LogP contribution in [0.5, 0.6) is 0 Å². The van der Waals surface area contributed by atoms with Crippen LogP contribution in [-0.4, -0.2) is 25.9 Å². The standard InChI is InChI=1S/C19H14ClN5OS/c1-12-22-23-19(27-12)21-18(26)17-11-16(13-7-9-14(20)10-8-13)24-25(17)15-5-3-2-4-6-15/h2-11H,1H3,(H,21,23,26).